The number of aryl methyl sites for hydroxylation is 1. The third-order valence-corrected chi connectivity index (χ3v) is 3.26. The van der Waals surface area contributed by atoms with E-state index in [0.717, 1.165) is 39.7 Å². The molecule has 2 rings (SSSR count). The van der Waals surface area contributed by atoms with E-state index in [1.165, 1.54) is 0 Å². The van der Waals surface area contributed by atoms with Crippen molar-refractivity contribution >= 4 is 26.8 Å². The number of hydrogen-bond acceptors (Lipinski definition) is 2. The Kier molecular flexibility index (Phi) is 4.00. The summed E-state index contributed by atoms with van der Waals surface area (Å²) >= 11 is 3.61. The summed E-state index contributed by atoms with van der Waals surface area (Å²) in [4.78, 5) is 4.64. The molecular formula is C14H16BrNO. The molecule has 1 aromatic heterocycles. The molecule has 0 radical (unpaired) electrons. The monoisotopic (exact) mass is 293 g/mol. The minimum atomic E-state index is 0.685. The highest BCUT2D eigenvalue weighted by Gasteiger charge is 2.05. The predicted octanol–water partition coefficient (Wildman–Crippen LogP) is 4.35. The molecule has 0 aliphatic heterocycles. The van der Waals surface area contributed by atoms with Crippen LogP contribution in [-0.2, 0) is 6.42 Å². The Morgan fingerprint density at radius 3 is 2.76 bits per heavy atom. The molecule has 2 nitrogen and oxygen atoms in total. The molecule has 1 aromatic carbocycles. The summed E-state index contributed by atoms with van der Waals surface area (Å²) in [7, 11) is 0. The second-order valence-electron chi connectivity index (χ2n) is 3.96. The van der Waals surface area contributed by atoms with Crippen molar-refractivity contribution in [1.82, 2.24) is 4.98 Å². The molecule has 3 heteroatoms. The summed E-state index contributed by atoms with van der Waals surface area (Å²) in [6.45, 7) is 4.84. The number of pyridine rings is 1. The fourth-order valence-electron chi connectivity index (χ4n) is 1.86. The van der Waals surface area contributed by atoms with Crippen LogP contribution in [0.4, 0.5) is 0 Å². The Morgan fingerprint density at radius 2 is 2.06 bits per heavy atom. The third kappa shape index (κ3) is 2.78. The van der Waals surface area contributed by atoms with Crippen LogP contribution in [0, 0.1) is 0 Å². The number of benzene rings is 1. The smallest absolute Gasteiger partial charge is 0.120 e. The first-order chi connectivity index (χ1) is 8.24. The highest BCUT2D eigenvalue weighted by atomic mass is 79.9. The first-order valence-corrected chi connectivity index (χ1v) is 6.76. The predicted molar refractivity (Wildman–Crippen MR) is 74.6 cm³/mol. The van der Waals surface area contributed by atoms with Gasteiger partial charge in [0, 0.05) is 15.6 Å². The Bertz CT molecular complexity index is 525. The average Bonchev–Trinajstić information content (AvgIpc) is 2.31. The van der Waals surface area contributed by atoms with Crippen molar-refractivity contribution in [1.29, 1.82) is 0 Å². The van der Waals surface area contributed by atoms with Crippen LogP contribution >= 0.6 is 15.9 Å². The van der Waals surface area contributed by atoms with E-state index in [0.29, 0.717) is 6.61 Å². The van der Waals surface area contributed by atoms with Crippen LogP contribution in [0.15, 0.2) is 28.7 Å². The maximum Gasteiger partial charge on any atom is 0.120 e. The Hall–Kier alpha value is -1.09. The Morgan fingerprint density at radius 1 is 1.24 bits per heavy atom. The molecular weight excluding hydrogens is 278 g/mol. The molecule has 1 heterocycles. The Balaban J connectivity index is 2.48. The van der Waals surface area contributed by atoms with Gasteiger partial charge in [0.25, 0.3) is 0 Å². The molecule has 0 unspecified atom stereocenters. The molecule has 90 valence electrons. The van der Waals surface area contributed by atoms with E-state index in [-0.39, 0.29) is 0 Å². The number of halogens is 1. The van der Waals surface area contributed by atoms with Gasteiger partial charge < -0.3 is 4.74 Å². The van der Waals surface area contributed by atoms with Crippen molar-refractivity contribution in [2.75, 3.05) is 6.61 Å². The molecule has 0 bridgehead atoms. The minimum Gasteiger partial charge on any atom is -0.494 e. The number of ether oxygens (including phenoxy) is 1. The Labute approximate surface area is 110 Å². The van der Waals surface area contributed by atoms with Crippen molar-refractivity contribution in [3.8, 4) is 5.75 Å². The molecule has 2 aromatic rings. The molecule has 0 aliphatic carbocycles. The van der Waals surface area contributed by atoms with Crippen LogP contribution in [0.2, 0.25) is 0 Å². The van der Waals surface area contributed by atoms with Gasteiger partial charge in [0.05, 0.1) is 12.1 Å². The lowest BCUT2D eigenvalue weighted by Gasteiger charge is -2.07. The van der Waals surface area contributed by atoms with Gasteiger partial charge >= 0.3 is 0 Å². The van der Waals surface area contributed by atoms with Gasteiger partial charge in [-0.15, -0.1) is 0 Å². The van der Waals surface area contributed by atoms with Crippen molar-refractivity contribution < 1.29 is 4.74 Å². The van der Waals surface area contributed by atoms with Crippen LogP contribution in [0.25, 0.3) is 10.9 Å². The lowest BCUT2D eigenvalue weighted by atomic mass is 10.1. The van der Waals surface area contributed by atoms with Gasteiger partial charge in [-0.2, -0.15) is 0 Å². The number of nitrogens with zero attached hydrogens (tertiary/aromatic N) is 1. The number of fused-ring (bicyclic) bond motifs is 1. The maximum atomic E-state index is 5.50. The van der Waals surface area contributed by atoms with E-state index in [1.54, 1.807) is 0 Å². The summed E-state index contributed by atoms with van der Waals surface area (Å²) in [5, 5.41) is 1.11. The van der Waals surface area contributed by atoms with Crippen molar-refractivity contribution in [3.63, 3.8) is 0 Å². The van der Waals surface area contributed by atoms with Gasteiger partial charge in [-0.25, -0.2) is 0 Å². The van der Waals surface area contributed by atoms with Crippen LogP contribution in [0.5, 0.6) is 5.75 Å². The molecule has 0 aliphatic rings. The zero-order chi connectivity index (χ0) is 12.3. The molecule has 0 amide bonds. The largest absolute Gasteiger partial charge is 0.494 e. The van der Waals surface area contributed by atoms with Gasteiger partial charge in [0.1, 0.15) is 5.75 Å². The van der Waals surface area contributed by atoms with Gasteiger partial charge in [-0.05, 0) is 37.6 Å². The second kappa shape index (κ2) is 5.50. The molecule has 0 spiro atoms. The summed E-state index contributed by atoms with van der Waals surface area (Å²) in [6.07, 6.45) is 2.13. The van der Waals surface area contributed by atoms with E-state index >= 15 is 0 Å². The van der Waals surface area contributed by atoms with E-state index in [2.05, 4.69) is 33.9 Å². The van der Waals surface area contributed by atoms with Crippen molar-refractivity contribution in [2.24, 2.45) is 0 Å². The van der Waals surface area contributed by atoms with Gasteiger partial charge in [-0.3, -0.25) is 4.98 Å². The van der Waals surface area contributed by atoms with E-state index in [4.69, 9.17) is 4.74 Å². The van der Waals surface area contributed by atoms with Crippen molar-refractivity contribution in [2.45, 2.75) is 26.7 Å². The molecule has 0 saturated heterocycles. The quantitative estimate of drug-likeness (QED) is 0.836. The summed E-state index contributed by atoms with van der Waals surface area (Å²) in [5.74, 6) is 0.894. The van der Waals surface area contributed by atoms with Crippen LogP contribution in [0.1, 0.15) is 26.0 Å². The van der Waals surface area contributed by atoms with E-state index < -0.39 is 0 Å². The summed E-state index contributed by atoms with van der Waals surface area (Å²) in [6, 6.07) is 8.12. The lowest BCUT2D eigenvalue weighted by Crippen LogP contribution is -1.94. The number of hydrogen-bond donors (Lipinski definition) is 0. The standard InChI is InChI=1S/C14H16BrNO/c1-3-5-10-8-13(15)12-9-11(17-4-2)6-7-14(12)16-10/h6-9H,3-5H2,1-2H3. The minimum absolute atomic E-state index is 0.685. The first-order valence-electron chi connectivity index (χ1n) is 5.96. The maximum absolute atomic E-state index is 5.50. The zero-order valence-electron chi connectivity index (χ0n) is 10.2. The highest BCUT2D eigenvalue weighted by Crippen LogP contribution is 2.27. The summed E-state index contributed by atoms with van der Waals surface area (Å²) < 4.78 is 6.59. The van der Waals surface area contributed by atoms with Gasteiger partial charge in [0.2, 0.25) is 0 Å². The lowest BCUT2D eigenvalue weighted by molar-refractivity contribution is 0.340. The average molecular weight is 294 g/mol. The molecule has 0 N–H and O–H groups in total. The van der Waals surface area contributed by atoms with E-state index in [9.17, 15) is 0 Å². The summed E-state index contributed by atoms with van der Waals surface area (Å²) in [5.41, 5.74) is 2.15. The fourth-order valence-corrected chi connectivity index (χ4v) is 2.44. The normalized spacial score (nSPS) is 10.8. The topological polar surface area (TPSA) is 22.1 Å². The molecule has 0 saturated carbocycles. The second-order valence-corrected chi connectivity index (χ2v) is 4.81. The third-order valence-electron chi connectivity index (χ3n) is 2.60. The number of aromatic nitrogens is 1. The first kappa shape index (κ1) is 12.4. The van der Waals surface area contributed by atoms with Crippen molar-refractivity contribution in [3.05, 3.63) is 34.4 Å². The van der Waals surface area contributed by atoms with Crippen LogP contribution in [0.3, 0.4) is 0 Å². The van der Waals surface area contributed by atoms with Crippen LogP contribution in [-0.4, -0.2) is 11.6 Å². The SMILES string of the molecule is CCCc1cc(Br)c2cc(OCC)ccc2n1. The van der Waals surface area contributed by atoms with Crippen LogP contribution < -0.4 is 4.74 Å². The van der Waals surface area contributed by atoms with Gasteiger partial charge in [0.15, 0.2) is 0 Å². The molecule has 0 atom stereocenters. The van der Waals surface area contributed by atoms with Gasteiger partial charge in [-0.1, -0.05) is 29.3 Å². The zero-order valence-corrected chi connectivity index (χ0v) is 11.8. The highest BCUT2D eigenvalue weighted by molar-refractivity contribution is 9.10. The van der Waals surface area contributed by atoms with E-state index in [1.807, 2.05) is 25.1 Å². The molecule has 0 fully saturated rings. The fraction of sp³-hybridized carbons (Fsp3) is 0.357. The number of rotatable bonds is 4. The molecule has 17 heavy (non-hydrogen) atoms.